The zero-order valence-corrected chi connectivity index (χ0v) is 12.7. The van der Waals surface area contributed by atoms with Crippen molar-refractivity contribution in [3.63, 3.8) is 0 Å². The smallest absolute Gasteiger partial charge is 0.119 e. The first kappa shape index (κ1) is 15.5. The summed E-state index contributed by atoms with van der Waals surface area (Å²) in [6.45, 7) is 0.717. The molecule has 2 rings (SSSR count). The molecule has 0 spiro atoms. The van der Waals surface area contributed by atoms with E-state index < -0.39 is 0 Å². The molecule has 0 saturated carbocycles. The molecule has 3 heteroatoms. The van der Waals surface area contributed by atoms with Crippen LogP contribution in [0.1, 0.15) is 36.3 Å². The fourth-order valence-corrected chi connectivity index (χ4v) is 2.67. The SMILES string of the molecule is COc1cccc(C(CCN)CCCc2cccnc2)c1. The lowest BCUT2D eigenvalue weighted by molar-refractivity contribution is 0.413. The molecule has 2 aromatic rings. The second kappa shape index (κ2) is 8.42. The van der Waals surface area contributed by atoms with E-state index in [1.165, 1.54) is 11.1 Å². The van der Waals surface area contributed by atoms with Gasteiger partial charge in [0.05, 0.1) is 7.11 Å². The number of ether oxygens (including phenoxy) is 1. The van der Waals surface area contributed by atoms with Crippen LogP contribution in [0.4, 0.5) is 0 Å². The molecule has 1 atom stereocenters. The largest absolute Gasteiger partial charge is 0.497 e. The van der Waals surface area contributed by atoms with Crippen LogP contribution in [0.3, 0.4) is 0 Å². The Kier molecular flexibility index (Phi) is 6.22. The molecule has 112 valence electrons. The molecule has 0 fully saturated rings. The van der Waals surface area contributed by atoms with Gasteiger partial charge in [-0.1, -0.05) is 18.2 Å². The van der Waals surface area contributed by atoms with Gasteiger partial charge in [0, 0.05) is 12.4 Å². The molecule has 0 radical (unpaired) electrons. The molecular formula is C18H24N2O. The summed E-state index contributed by atoms with van der Waals surface area (Å²) in [6.07, 6.45) is 8.13. The summed E-state index contributed by atoms with van der Waals surface area (Å²) in [6, 6.07) is 12.5. The highest BCUT2D eigenvalue weighted by Gasteiger charge is 2.11. The Bertz CT molecular complexity index is 528. The lowest BCUT2D eigenvalue weighted by atomic mass is 9.90. The van der Waals surface area contributed by atoms with Crippen LogP contribution in [0.2, 0.25) is 0 Å². The zero-order chi connectivity index (χ0) is 14.9. The highest BCUT2D eigenvalue weighted by molar-refractivity contribution is 5.30. The van der Waals surface area contributed by atoms with E-state index in [9.17, 15) is 0 Å². The predicted octanol–water partition coefficient (Wildman–Crippen LogP) is 3.55. The molecule has 0 saturated heterocycles. The summed E-state index contributed by atoms with van der Waals surface area (Å²) >= 11 is 0. The minimum atomic E-state index is 0.502. The van der Waals surface area contributed by atoms with Gasteiger partial charge in [-0.2, -0.15) is 0 Å². The average molecular weight is 284 g/mol. The van der Waals surface area contributed by atoms with Crippen LogP contribution in [0.25, 0.3) is 0 Å². The highest BCUT2D eigenvalue weighted by atomic mass is 16.5. The average Bonchev–Trinajstić information content (AvgIpc) is 2.55. The van der Waals surface area contributed by atoms with E-state index in [0.29, 0.717) is 5.92 Å². The second-order valence-corrected chi connectivity index (χ2v) is 5.30. The zero-order valence-electron chi connectivity index (χ0n) is 12.7. The first-order valence-electron chi connectivity index (χ1n) is 7.56. The van der Waals surface area contributed by atoms with Crippen molar-refractivity contribution in [1.29, 1.82) is 0 Å². The molecular weight excluding hydrogens is 260 g/mol. The van der Waals surface area contributed by atoms with Gasteiger partial charge in [-0.15, -0.1) is 0 Å². The van der Waals surface area contributed by atoms with Crippen LogP contribution in [-0.2, 0) is 6.42 Å². The lowest BCUT2D eigenvalue weighted by Crippen LogP contribution is -2.08. The highest BCUT2D eigenvalue weighted by Crippen LogP contribution is 2.27. The van der Waals surface area contributed by atoms with E-state index >= 15 is 0 Å². The number of rotatable bonds is 8. The number of aryl methyl sites for hydroxylation is 1. The van der Waals surface area contributed by atoms with E-state index in [0.717, 1.165) is 38.0 Å². The normalized spacial score (nSPS) is 12.1. The van der Waals surface area contributed by atoms with Crippen LogP contribution in [0, 0.1) is 0 Å². The molecule has 0 amide bonds. The van der Waals surface area contributed by atoms with Crippen LogP contribution < -0.4 is 10.5 Å². The molecule has 2 N–H and O–H groups in total. The number of methoxy groups -OCH3 is 1. The third-order valence-corrected chi connectivity index (χ3v) is 3.82. The van der Waals surface area contributed by atoms with Gasteiger partial charge in [-0.05, 0) is 67.5 Å². The predicted molar refractivity (Wildman–Crippen MR) is 86.6 cm³/mol. The summed E-state index contributed by atoms with van der Waals surface area (Å²) in [7, 11) is 1.71. The van der Waals surface area contributed by atoms with E-state index in [1.54, 1.807) is 7.11 Å². The summed E-state index contributed by atoms with van der Waals surface area (Å²) in [5, 5.41) is 0. The Morgan fingerprint density at radius 1 is 1.19 bits per heavy atom. The van der Waals surface area contributed by atoms with Gasteiger partial charge in [-0.3, -0.25) is 4.98 Å². The summed E-state index contributed by atoms with van der Waals surface area (Å²) in [4.78, 5) is 4.16. The Morgan fingerprint density at radius 2 is 2.10 bits per heavy atom. The van der Waals surface area contributed by atoms with Crippen LogP contribution in [0.5, 0.6) is 5.75 Å². The van der Waals surface area contributed by atoms with Gasteiger partial charge in [0.1, 0.15) is 5.75 Å². The first-order valence-corrected chi connectivity index (χ1v) is 7.56. The Morgan fingerprint density at radius 3 is 2.81 bits per heavy atom. The fourth-order valence-electron chi connectivity index (χ4n) is 2.67. The molecule has 1 unspecified atom stereocenters. The number of nitrogens with two attached hydrogens (primary N) is 1. The van der Waals surface area contributed by atoms with Crippen molar-refractivity contribution in [3.8, 4) is 5.75 Å². The Labute approximate surface area is 127 Å². The number of hydrogen-bond acceptors (Lipinski definition) is 3. The number of benzene rings is 1. The van der Waals surface area contributed by atoms with Gasteiger partial charge < -0.3 is 10.5 Å². The number of hydrogen-bond donors (Lipinski definition) is 1. The van der Waals surface area contributed by atoms with E-state index in [-0.39, 0.29) is 0 Å². The lowest BCUT2D eigenvalue weighted by Gasteiger charge is -2.17. The van der Waals surface area contributed by atoms with Crippen molar-refractivity contribution in [2.45, 2.75) is 31.6 Å². The topological polar surface area (TPSA) is 48.1 Å². The maximum absolute atomic E-state index is 5.78. The van der Waals surface area contributed by atoms with E-state index in [2.05, 4.69) is 29.2 Å². The molecule has 0 aliphatic heterocycles. The minimum absolute atomic E-state index is 0.502. The van der Waals surface area contributed by atoms with Crippen LogP contribution in [0.15, 0.2) is 48.8 Å². The van der Waals surface area contributed by atoms with Crippen molar-refractivity contribution in [2.75, 3.05) is 13.7 Å². The Hall–Kier alpha value is -1.87. The van der Waals surface area contributed by atoms with E-state index in [4.69, 9.17) is 10.5 Å². The van der Waals surface area contributed by atoms with Crippen molar-refractivity contribution in [2.24, 2.45) is 5.73 Å². The standard InChI is InChI=1S/C18H24N2O/c1-21-18-9-3-8-17(13-18)16(10-11-19)7-2-5-15-6-4-12-20-14-15/h3-4,6,8-9,12-14,16H,2,5,7,10-11,19H2,1H3. The third kappa shape index (κ3) is 4.87. The maximum Gasteiger partial charge on any atom is 0.119 e. The van der Waals surface area contributed by atoms with Gasteiger partial charge in [0.15, 0.2) is 0 Å². The quantitative estimate of drug-likeness (QED) is 0.806. The van der Waals surface area contributed by atoms with E-state index in [1.807, 2.05) is 24.5 Å². The van der Waals surface area contributed by atoms with Crippen molar-refractivity contribution in [3.05, 3.63) is 59.9 Å². The second-order valence-electron chi connectivity index (χ2n) is 5.30. The van der Waals surface area contributed by atoms with Gasteiger partial charge in [0.2, 0.25) is 0 Å². The molecule has 1 aromatic heterocycles. The van der Waals surface area contributed by atoms with Crippen molar-refractivity contribution >= 4 is 0 Å². The number of pyridine rings is 1. The Balaban J connectivity index is 1.95. The van der Waals surface area contributed by atoms with Crippen molar-refractivity contribution < 1.29 is 4.74 Å². The molecule has 3 nitrogen and oxygen atoms in total. The monoisotopic (exact) mass is 284 g/mol. The van der Waals surface area contributed by atoms with Gasteiger partial charge in [-0.25, -0.2) is 0 Å². The number of aromatic nitrogens is 1. The molecule has 1 heterocycles. The summed E-state index contributed by atoms with van der Waals surface area (Å²) < 4.78 is 5.32. The maximum atomic E-state index is 5.78. The third-order valence-electron chi connectivity index (χ3n) is 3.82. The first-order chi connectivity index (χ1) is 10.3. The molecule has 21 heavy (non-hydrogen) atoms. The molecule has 0 bridgehead atoms. The van der Waals surface area contributed by atoms with Crippen LogP contribution in [-0.4, -0.2) is 18.6 Å². The molecule has 1 aromatic carbocycles. The molecule has 0 aliphatic rings. The van der Waals surface area contributed by atoms with Gasteiger partial charge >= 0.3 is 0 Å². The fraction of sp³-hybridized carbons (Fsp3) is 0.389. The van der Waals surface area contributed by atoms with Gasteiger partial charge in [0.25, 0.3) is 0 Å². The molecule has 0 aliphatic carbocycles. The van der Waals surface area contributed by atoms with Crippen LogP contribution >= 0.6 is 0 Å². The summed E-state index contributed by atoms with van der Waals surface area (Å²) in [5.74, 6) is 1.42. The summed E-state index contributed by atoms with van der Waals surface area (Å²) in [5.41, 5.74) is 8.40. The minimum Gasteiger partial charge on any atom is -0.497 e. The number of nitrogens with zero attached hydrogens (tertiary/aromatic N) is 1. The van der Waals surface area contributed by atoms with Crippen molar-refractivity contribution in [1.82, 2.24) is 4.98 Å².